The summed E-state index contributed by atoms with van der Waals surface area (Å²) < 4.78 is 26.7. The maximum atomic E-state index is 13.0. The van der Waals surface area contributed by atoms with Gasteiger partial charge in [-0.3, -0.25) is 9.59 Å². The first-order valence-corrected chi connectivity index (χ1v) is 10.5. The standard InChI is InChI=1S/C22H16F2O2S2/c23-17-7-1-15(2-8-17)5-11-19(25)21(22-27-13-14-28-22)20(26)12-6-16-3-9-18(24)10-4-16/h1-12H,13-14H2/b11-5+,12-6+. The third-order valence-electron chi connectivity index (χ3n) is 3.84. The van der Waals surface area contributed by atoms with E-state index in [1.165, 1.54) is 59.9 Å². The molecule has 0 aliphatic carbocycles. The molecule has 28 heavy (non-hydrogen) atoms. The molecule has 2 aromatic carbocycles. The maximum Gasteiger partial charge on any atom is 0.191 e. The minimum Gasteiger partial charge on any atom is -0.289 e. The van der Waals surface area contributed by atoms with Crippen LogP contribution in [0.3, 0.4) is 0 Å². The molecule has 142 valence electrons. The lowest BCUT2D eigenvalue weighted by Gasteiger charge is -2.04. The van der Waals surface area contributed by atoms with Gasteiger partial charge in [0.05, 0.1) is 9.81 Å². The van der Waals surface area contributed by atoms with Crippen molar-refractivity contribution in [3.05, 3.63) is 93.3 Å². The summed E-state index contributed by atoms with van der Waals surface area (Å²) >= 11 is 2.98. The van der Waals surface area contributed by atoms with Crippen molar-refractivity contribution >= 4 is 47.2 Å². The molecule has 0 N–H and O–H groups in total. The second kappa shape index (κ2) is 9.66. The Morgan fingerprint density at radius 2 is 1.11 bits per heavy atom. The summed E-state index contributed by atoms with van der Waals surface area (Å²) in [6.07, 6.45) is 5.78. The van der Waals surface area contributed by atoms with Gasteiger partial charge < -0.3 is 0 Å². The molecule has 0 unspecified atom stereocenters. The minimum absolute atomic E-state index is 0.129. The number of benzene rings is 2. The summed E-state index contributed by atoms with van der Waals surface area (Å²) in [6.45, 7) is 0. The van der Waals surface area contributed by atoms with Gasteiger partial charge in [-0.1, -0.05) is 36.4 Å². The van der Waals surface area contributed by atoms with Crippen molar-refractivity contribution in [2.45, 2.75) is 0 Å². The van der Waals surface area contributed by atoms with E-state index in [2.05, 4.69) is 0 Å². The third kappa shape index (κ3) is 5.53. The highest BCUT2D eigenvalue weighted by Crippen LogP contribution is 2.39. The second-order valence-corrected chi connectivity index (χ2v) is 8.33. The fourth-order valence-corrected chi connectivity index (χ4v) is 5.00. The minimum atomic E-state index is -0.394. The predicted octanol–water partition coefficient (Wildman–Crippen LogP) is 5.52. The Labute approximate surface area is 170 Å². The zero-order valence-corrected chi connectivity index (χ0v) is 16.4. The van der Waals surface area contributed by atoms with Crippen molar-refractivity contribution < 1.29 is 18.4 Å². The fourth-order valence-electron chi connectivity index (χ4n) is 2.44. The Bertz CT molecular complexity index is 882. The average Bonchev–Trinajstić information content (AvgIpc) is 3.21. The van der Waals surface area contributed by atoms with Crippen molar-refractivity contribution in [3.8, 4) is 0 Å². The lowest BCUT2D eigenvalue weighted by Crippen LogP contribution is -2.10. The van der Waals surface area contributed by atoms with E-state index in [0.29, 0.717) is 15.4 Å². The lowest BCUT2D eigenvalue weighted by atomic mass is 10.1. The molecule has 1 heterocycles. The molecule has 2 aromatic rings. The van der Waals surface area contributed by atoms with Crippen LogP contribution in [0.25, 0.3) is 12.2 Å². The van der Waals surface area contributed by atoms with Gasteiger partial charge in [-0.25, -0.2) is 8.78 Å². The first kappa shape index (κ1) is 20.3. The van der Waals surface area contributed by atoms with Crippen LogP contribution in [0.4, 0.5) is 8.78 Å². The van der Waals surface area contributed by atoms with E-state index in [9.17, 15) is 18.4 Å². The van der Waals surface area contributed by atoms with E-state index in [-0.39, 0.29) is 17.2 Å². The van der Waals surface area contributed by atoms with Gasteiger partial charge in [-0.15, -0.1) is 23.5 Å². The van der Waals surface area contributed by atoms with Crippen LogP contribution in [-0.4, -0.2) is 23.1 Å². The molecule has 1 aliphatic rings. The summed E-state index contributed by atoms with van der Waals surface area (Å²) in [7, 11) is 0. The largest absolute Gasteiger partial charge is 0.289 e. The molecular formula is C22H16F2O2S2. The molecule has 0 spiro atoms. The van der Waals surface area contributed by atoms with Crippen LogP contribution < -0.4 is 0 Å². The first-order valence-electron chi connectivity index (χ1n) is 8.49. The van der Waals surface area contributed by atoms with E-state index in [0.717, 1.165) is 11.5 Å². The van der Waals surface area contributed by atoms with E-state index in [1.807, 2.05) is 0 Å². The molecule has 6 heteroatoms. The van der Waals surface area contributed by atoms with Crippen LogP contribution in [0.1, 0.15) is 11.1 Å². The monoisotopic (exact) mass is 414 g/mol. The maximum absolute atomic E-state index is 13.0. The summed E-state index contributed by atoms with van der Waals surface area (Å²) in [5.41, 5.74) is 1.46. The normalized spacial score (nSPS) is 14.1. The zero-order chi connectivity index (χ0) is 19.9. The Hall–Kier alpha value is -2.44. The van der Waals surface area contributed by atoms with E-state index in [1.54, 1.807) is 36.4 Å². The SMILES string of the molecule is O=C(/C=C/c1ccc(F)cc1)C(C(=O)/C=C/c1ccc(F)cc1)=C1SCCS1. The smallest absolute Gasteiger partial charge is 0.191 e. The molecule has 0 aromatic heterocycles. The number of hydrogen-bond donors (Lipinski definition) is 0. The Kier molecular flexibility index (Phi) is 7.01. The number of ketones is 2. The molecule has 3 rings (SSSR count). The molecule has 0 atom stereocenters. The summed E-state index contributed by atoms with van der Waals surface area (Å²) in [4.78, 5) is 25.4. The number of rotatable bonds is 6. The first-order chi connectivity index (χ1) is 13.5. The number of carbonyl (C=O) groups is 2. The van der Waals surface area contributed by atoms with Crippen LogP contribution in [0.15, 0.2) is 70.5 Å². The highest BCUT2D eigenvalue weighted by Gasteiger charge is 2.23. The van der Waals surface area contributed by atoms with Crippen LogP contribution in [0, 0.1) is 11.6 Å². The van der Waals surface area contributed by atoms with Crippen molar-refractivity contribution in [2.75, 3.05) is 11.5 Å². The number of hydrogen-bond acceptors (Lipinski definition) is 4. The van der Waals surface area contributed by atoms with Gasteiger partial charge in [0.1, 0.15) is 11.6 Å². The Morgan fingerprint density at radius 1 is 0.714 bits per heavy atom. The predicted molar refractivity (Wildman–Crippen MR) is 113 cm³/mol. The summed E-state index contributed by atoms with van der Waals surface area (Å²) in [5, 5.41) is 0. The number of thioether (sulfide) groups is 2. The highest BCUT2D eigenvalue weighted by molar-refractivity contribution is 8.25. The van der Waals surface area contributed by atoms with Crippen LogP contribution in [-0.2, 0) is 9.59 Å². The highest BCUT2D eigenvalue weighted by atomic mass is 32.2. The molecule has 1 aliphatic heterocycles. The molecule has 0 bridgehead atoms. The van der Waals surface area contributed by atoms with Gasteiger partial charge in [0.2, 0.25) is 0 Å². The molecule has 0 radical (unpaired) electrons. The zero-order valence-electron chi connectivity index (χ0n) is 14.7. The number of halogens is 2. The molecular weight excluding hydrogens is 398 g/mol. The molecule has 0 amide bonds. The van der Waals surface area contributed by atoms with Gasteiger partial charge in [0, 0.05) is 11.5 Å². The molecule has 1 fully saturated rings. The van der Waals surface area contributed by atoms with Crippen LogP contribution >= 0.6 is 23.5 Å². The average molecular weight is 414 g/mol. The van der Waals surface area contributed by atoms with Gasteiger partial charge >= 0.3 is 0 Å². The van der Waals surface area contributed by atoms with Gasteiger partial charge in [-0.2, -0.15) is 0 Å². The topological polar surface area (TPSA) is 34.1 Å². The lowest BCUT2D eigenvalue weighted by molar-refractivity contribution is -0.116. The van der Waals surface area contributed by atoms with Crippen molar-refractivity contribution in [2.24, 2.45) is 0 Å². The fraction of sp³-hybridized carbons (Fsp3) is 0.0909. The number of allylic oxidation sites excluding steroid dienone is 3. The number of carbonyl (C=O) groups excluding carboxylic acids is 2. The van der Waals surface area contributed by atoms with Gasteiger partial charge in [0.25, 0.3) is 0 Å². The van der Waals surface area contributed by atoms with Crippen LogP contribution in [0.5, 0.6) is 0 Å². The summed E-state index contributed by atoms with van der Waals surface area (Å²) in [5.74, 6) is 0.183. The van der Waals surface area contributed by atoms with Crippen molar-refractivity contribution in [1.29, 1.82) is 0 Å². The van der Waals surface area contributed by atoms with Gasteiger partial charge in [0.15, 0.2) is 11.6 Å². The van der Waals surface area contributed by atoms with E-state index >= 15 is 0 Å². The van der Waals surface area contributed by atoms with Crippen molar-refractivity contribution in [1.82, 2.24) is 0 Å². The quantitative estimate of drug-likeness (QED) is 0.354. The molecule has 1 saturated heterocycles. The van der Waals surface area contributed by atoms with E-state index < -0.39 is 11.6 Å². The van der Waals surface area contributed by atoms with Crippen molar-refractivity contribution in [3.63, 3.8) is 0 Å². The Balaban J connectivity index is 1.81. The van der Waals surface area contributed by atoms with E-state index in [4.69, 9.17) is 0 Å². The Morgan fingerprint density at radius 3 is 1.50 bits per heavy atom. The second-order valence-electron chi connectivity index (χ2n) is 5.86. The molecule has 0 saturated carbocycles. The third-order valence-corrected chi connectivity index (χ3v) is 6.56. The summed E-state index contributed by atoms with van der Waals surface area (Å²) in [6, 6.07) is 11.5. The van der Waals surface area contributed by atoms with Gasteiger partial charge in [-0.05, 0) is 47.5 Å². The van der Waals surface area contributed by atoms with Crippen LogP contribution in [0.2, 0.25) is 0 Å². The molecule has 2 nitrogen and oxygen atoms in total.